The summed E-state index contributed by atoms with van der Waals surface area (Å²) in [6, 6.07) is 2.94. The van der Waals surface area contributed by atoms with E-state index in [0.29, 0.717) is 0 Å². The molecule has 1 aromatic heterocycles. The Hall–Kier alpha value is -2.12. The maximum Gasteiger partial charge on any atom is 0.137 e. The van der Waals surface area contributed by atoms with Crippen LogP contribution in [-0.2, 0) is 12.1 Å². The smallest absolute Gasteiger partial charge is 0.137 e. The lowest BCUT2D eigenvalue weighted by molar-refractivity contribution is -0.0657. The fraction of sp³-hybridized carbons (Fsp3) is 0.524. The molecular weight excluding hydrogens is 362 g/mol. The summed E-state index contributed by atoms with van der Waals surface area (Å²) in [5.41, 5.74) is -0.0573. The Kier molecular flexibility index (Phi) is 6.57. The molecule has 1 aromatic carbocycles. The van der Waals surface area contributed by atoms with Crippen molar-refractivity contribution in [2.24, 2.45) is 0 Å². The van der Waals surface area contributed by atoms with Gasteiger partial charge in [0.05, 0.1) is 6.54 Å². The van der Waals surface area contributed by atoms with Gasteiger partial charge in [-0.15, -0.1) is 0 Å². The standard InChI is InChI=1S/C21H28F2N4O/c1-3-4-5-17-8-10-26(11-9-17)16(2)21(28,13-27-15-24-14-25-27)19-7-6-18(22)12-20(19)23/h5-7,12,14-16,28H,3-4,8-11,13H2,1-2H3/t16-,21-/m0/s1. The van der Waals surface area contributed by atoms with Crippen molar-refractivity contribution in [1.82, 2.24) is 19.7 Å². The molecular formula is C21H28F2N4O. The highest BCUT2D eigenvalue weighted by Gasteiger charge is 2.42. The first-order valence-electron chi connectivity index (χ1n) is 9.86. The third-order valence-corrected chi connectivity index (χ3v) is 5.67. The summed E-state index contributed by atoms with van der Waals surface area (Å²) in [5.74, 6) is -1.42. The van der Waals surface area contributed by atoms with Crippen LogP contribution in [0.1, 0.15) is 45.1 Å². The van der Waals surface area contributed by atoms with E-state index in [-0.39, 0.29) is 18.2 Å². The van der Waals surface area contributed by atoms with E-state index in [0.717, 1.165) is 44.8 Å². The van der Waals surface area contributed by atoms with Crippen molar-refractivity contribution in [1.29, 1.82) is 0 Å². The number of unbranched alkanes of at least 4 members (excludes halogenated alkanes) is 1. The molecule has 7 heteroatoms. The maximum atomic E-state index is 14.6. The van der Waals surface area contributed by atoms with E-state index < -0.39 is 17.2 Å². The minimum Gasteiger partial charge on any atom is -0.381 e. The summed E-state index contributed by atoms with van der Waals surface area (Å²) >= 11 is 0. The summed E-state index contributed by atoms with van der Waals surface area (Å²) in [7, 11) is 0. The zero-order valence-electron chi connectivity index (χ0n) is 16.5. The van der Waals surface area contributed by atoms with Gasteiger partial charge in [0.2, 0.25) is 0 Å². The second-order valence-corrected chi connectivity index (χ2v) is 7.50. The highest BCUT2D eigenvalue weighted by molar-refractivity contribution is 5.27. The number of allylic oxidation sites excluding steroid dienone is 1. The monoisotopic (exact) mass is 390 g/mol. The minimum absolute atomic E-state index is 0.0335. The first-order valence-corrected chi connectivity index (χ1v) is 9.86. The van der Waals surface area contributed by atoms with Gasteiger partial charge in [0.25, 0.3) is 0 Å². The minimum atomic E-state index is -1.57. The molecule has 1 aliphatic rings. The number of likely N-dealkylation sites (tertiary alicyclic amines) is 1. The third-order valence-electron chi connectivity index (χ3n) is 5.67. The fourth-order valence-electron chi connectivity index (χ4n) is 3.90. The Bertz CT molecular complexity index is 799. The highest BCUT2D eigenvalue weighted by atomic mass is 19.1. The summed E-state index contributed by atoms with van der Waals surface area (Å²) in [4.78, 5) is 6.08. The van der Waals surface area contributed by atoms with Gasteiger partial charge in [0, 0.05) is 30.8 Å². The van der Waals surface area contributed by atoms with Gasteiger partial charge >= 0.3 is 0 Å². The number of benzene rings is 1. The Balaban J connectivity index is 1.86. The van der Waals surface area contributed by atoms with Crippen LogP contribution in [0.2, 0.25) is 0 Å². The average molecular weight is 390 g/mol. The largest absolute Gasteiger partial charge is 0.381 e. The lowest BCUT2D eigenvalue weighted by Crippen LogP contribution is -2.53. The molecule has 1 fully saturated rings. The molecule has 1 aliphatic heterocycles. The lowest BCUT2D eigenvalue weighted by Gasteiger charge is -2.43. The molecule has 2 heterocycles. The van der Waals surface area contributed by atoms with Gasteiger partial charge < -0.3 is 5.11 Å². The second kappa shape index (κ2) is 8.92. The number of hydrogen-bond donors (Lipinski definition) is 1. The lowest BCUT2D eigenvalue weighted by atomic mass is 9.84. The van der Waals surface area contributed by atoms with E-state index >= 15 is 0 Å². The predicted molar refractivity (Wildman–Crippen MR) is 104 cm³/mol. The molecule has 0 unspecified atom stereocenters. The first-order chi connectivity index (χ1) is 13.4. The SMILES string of the molecule is CCCC=C1CCN([C@@H](C)[C@@](O)(Cn2cncn2)c2ccc(F)cc2F)CC1. The number of rotatable bonds is 7. The van der Waals surface area contributed by atoms with Crippen molar-refractivity contribution in [2.75, 3.05) is 13.1 Å². The van der Waals surface area contributed by atoms with Gasteiger partial charge in [-0.1, -0.05) is 31.1 Å². The zero-order chi connectivity index (χ0) is 20.1. The summed E-state index contributed by atoms with van der Waals surface area (Å²) in [6.07, 6.45) is 9.26. The molecule has 1 saturated heterocycles. The Morgan fingerprint density at radius 3 is 2.64 bits per heavy atom. The first kappa shape index (κ1) is 20.6. The Morgan fingerprint density at radius 2 is 2.04 bits per heavy atom. The number of hydrogen-bond acceptors (Lipinski definition) is 4. The Morgan fingerprint density at radius 1 is 1.29 bits per heavy atom. The van der Waals surface area contributed by atoms with E-state index in [1.54, 1.807) is 0 Å². The molecule has 0 aliphatic carbocycles. The second-order valence-electron chi connectivity index (χ2n) is 7.50. The maximum absolute atomic E-state index is 14.6. The highest BCUT2D eigenvalue weighted by Crippen LogP contribution is 2.34. The van der Waals surface area contributed by atoms with Crippen molar-refractivity contribution < 1.29 is 13.9 Å². The zero-order valence-corrected chi connectivity index (χ0v) is 16.5. The molecule has 2 aromatic rings. The summed E-state index contributed by atoms with van der Waals surface area (Å²) < 4.78 is 29.6. The molecule has 152 valence electrons. The average Bonchev–Trinajstić information content (AvgIpc) is 3.18. The number of piperidine rings is 1. The molecule has 3 rings (SSSR count). The molecule has 0 spiro atoms. The molecule has 28 heavy (non-hydrogen) atoms. The van der Waals surface area contributed by atoms with Crippen LogP contribution in [0.25, 0.3) is 0 Å². The van der Waals surface area contributed by atoms with Gasteiger partial charge in [0.15, 0.2) is 0 Å². The van der Waals surface area contributed by atoms with Crippen LogP contribution in [0.15, 0.2) is 42.5 Å². The van der Waals surface area contributed by atoms with Crippen molar-refractivity contribution in [3.05, 3.63) is 59.7 Å². The predicted octanol–water partition coefficient (Wildman–Crippen LogP) is 3.65. The van der Waals surface area contributed by atoms with E-state index in [2.05, 4.69) is 28.0 Å². The van der Waals surface area contributed by atoms with Crippen LogP contribution in [0, 0.1) is 11.6 Å². The van der Waals surface area contributed by atoms with Crippen molar-refractivity contribution in [2.45, 2.75) is 57.7 Å². The van der Waals surface area contributed by atoms with Crippen LogP contribution < -0.4 is 0 Å². The number of aromatic nitrogens is 3. The van der Waals surface area contributed by atoms with E-state index in [4.69, 9.17) is 0 Å². The van der Waals surface area contributed by atoms with Crippen molar-refractivity contribution in [3.63, 3.8) is 0 Å². The third kappa shape index (κ3) is 4.47. The fourth-order valence-corrected chi connectivity index (χ4v) is 3.90. The summed E-state index contributed by atoms with van der Waals surface area (Å²) in [6.45, 7) is 5.67. The normalized spacial score (nSPS) is 18.7. The van der Waals surface area contributed by atoms with Crippen LogP contribution in [0.3, 0.4) is 0 Å². The number of nitrogens with zero attached hydrogens (tertiary/aromatic N) is 4. The van der Waals surface area contributed by atoms with Gasteiger partial charge in [-0.3, -0.25) is 4.90 Å². The Labute approximate surface area is 164 Å². The molecule has 0 bridgehead atoms. The van der Waals surface area contributed by atoms with Crippen LogP contribution >= 0.6 is 0 Å². The number of halogens is 2. The van der Waals surface area contributed by atoms with Crippen LogP contribution in [0.4, 0.5) is 8.78 Å². The van der Waals surface area contributed by atoms with Gasteiger partial charge in [-0.05, 0) is 32.3 Å². The molecule has 0 saturated carbocycles. The van der Waals surface area contributed by atoms with Crippen molar-refractivity contribution in [3.8, 4) is 0 Å². The van der Waals surface area contributed by atoms with E-state index in [1.807, 2.05) is 6.92 Å². The topological polar surface area (TPSA) is 54.2 Å². The molecule has 1 N–H and O–H groups in total. The molecule has 0 amide bonds. The molecule has 0 radical (unpaired) electrons. The molecule has 5 nitrogen and oxygen atoms in total. The van der Waals surface area contributed by atoms with Gasteiger partial charge in [0.1, 0.15) is 29.9 Å². The quantitative estimate of drug-likeness (QED) is 0.733. The number of aliphatic hydroxyl groups is 1. The van der Waals surface area contributed by atoms with Gasteiger partial charge in [-0.2, -0.15) is 5.10 Å². The summed E-state index contributed by atoms with van der Waals surface area (Å²) in [5, 5.41) is 15.7. The van der Waals surface area contributed by atoms with E-state index in [9.17, 15) is 13.9 Å². The van der Waals surface area contributed by atoms with Crippen LogP contribution in [0.5, 0.6) is 0 Å². The van der Waals surface area contributed by atoms with Crippen LogP contribution in [-0.4, -0.2) is 43.9 Å². The van der Waals surface area contributed by atoms with Crippen molar-refractivity contribution >= 4 is 0 Å². The van der Waals surface area contributed by atoms with E-state index in [1.165, 1.54) is 35.0 Å². The van der Waals surface area contributed by atoms with Gasteiger partial charge in [-0.25, -0.2) is 18.4 Å². The molecule has 2 atom stereocenters.